The van der Waals surface area contributed by atoms with Crippen molar-refractivity contribution in [3.63, 3.8) is 0 Å². The Morgan fingerprint density at radius 2 is 1.67 bits per heavy atom. The molecule has 0 atom stereocenters. The number of carbonyl (C=O) groups excluding carboxylic acids is 1. The van der Waals surface area contributed by atoms with Crippen LogP contribution in [0.2, 0.25) is 0 Å². The van der Waals surface area contributed by atoms with Crippen LogP contribution in [0.25, 0.3) is 0 Å². The lowest BCUT2D eigenvalue weighted by Crippen LogP contribution is -2.40. The van der Waals surface area contributed by atoms with E-state index in [2.05, 4.69) is 51.1 Å². The average molecular weight is 287 g/mol. The molecule has 1 aromatic rings. The van der Waals surface area contributed by atoms with Crippen LogP contribution < -0.4 is 0 Å². The standard InChI is InChI=1S/C19H29NO/c1-19(2,3)14-18(21)20(4)17-12-10-16(11-13-17)15-8-6-5-7-9-15/h5-9,16-17H,10-14H2,1-4H3. The molecule has 1 aromatic carbocycles. The fourth-order valence-electron chi connectivity index (χ4n) is 3.30. The largest absolute Gasteiger partial charge is 0.343 e. The molecule has 0 saturated heterocycles. The van der Waals surface area contributed by atoms with Crippen LogP contribution in [0.4, 0.5) is 0 Å². The van der Waals surface area contributed by atoms with Gasteiger partial charge in [-0.15, -0.1) is 0 Å². The first-order chi connectivity index (χ1) is 9.87. The lowest BCUT2D eigenvalue weighted by molar-refractivity contribution is -0.134. The van der Waals surface area contributed by atoms with E-state index in [-0.39, 0.29) is 5.41 Å². The minimum atomic E-state index is 0.0760. The molecule has 0 heterocycles. The Kier molecular flexibility index (Phi) is 5.08. The van der Waals surface area contributed by atoms with E-state index in [1.165, 1.54) is 18.4 Å². The van der Waals surface area contributed by atoms with E-state index in [1.54, 1.807) is 0 Å². The SMILES string of the molecule is CN(C(=O)CC(C)(C)C)C1CCC(c2ccccc2)CC1. The van der Waals surface area contributed by atoms with E-state index in [0.29, 0.717) is 24.3 Å². The maximum Gasteiger partial charge on any atom is 0.223 e. The highest BCUT2D eigenvalue weighted by Gasteiger charge is 2.28. The summed E-state index contributed by atoms with van der Waals surface area (Å²) in [7, 11) is 1.99. The molecule has 1 amide bonds. The van der Waals surface area contributed by atoms with Crippen LogP contribution in [0, 0.1) is 5.41 Å². The number of hydrogen-bond donors (Lipinski definition) is 0. The maximum atomic E-state index is 12.3. The van der Waals surface area contributed by atoms with E-state index in [9.17, 15) is 4.79 Å². The second kappa shape index (κ2) is 6.64. The van der Waals surface area contributed by atoms with Gasteiger partial charge in [0.05, 0.1) is 0 Å². The first-order valence-electron chi connectivity index (χ1n) is 8.17. The van der Waals surface area contributed by atoms with Crippen molar-refractivity contribution in [2.75, 3.05) is 7.05 Å². The highest BCUT2D eigenvalue weighted by Crippen LogP contribution is 2.34. The van der Waals surface area contributed by atoms with E-state index >= 15 is 0 Å². The van der Waals surface area contributed by atoms with Gasteiger partial charge in [-0.2, -0.15) is 0 Å². The van der Waals surface area contributed by atoms with Crippen LogP contribution in [-0.4, -0.2) is 23.9 Å². The monoisotopic (exact) mass is 287 g/mol. The lowest BCUT2D eigenvalue weighted by atomic mass is 9.81. The molecule has 0 N–H and O–H groups in total. The van der Waals surface area contributed by atoms with E-state index in [1.807, 2.05) is 11.9 Å². The third-order valence-electron chi connectivity index (χ3n) is 4.59. The Morgan fingerprint density at radius 3 is 2.19 bits per heavy atom. The summed E-state index contributed by atoms with van der Waals surface area (Å²) in [6.45, 7) is 6.39. The second-order valence-electron chi connectivity index (χ2n) is 7.66. The third-order valence-corrected chi connectivity index (χ3v) is 4.59. The highest BCUT2D eigenvalue weighted by molar-refractivity contribution is 5.76. The molecule has 0 unspecified atom stereocenters. The summed E-state index contributed by atoms with van der Waals surface area (Å²) in [4.78, 5) is 14.3. The summed E-state index contributed by atoms with van der Waals surface area (Å²) in [5.74, 6) is 0.972. The first-order valence-corrected chi connectivity index (χ1v) is 8.17. The number of hydrogen-bond acceptors (Lipinski definition) is 1. The Labute approximate surface area is 129 Å². The van der Waals surface area contributed by atoms with Crippen molar-refractivity contribution in [3.05, 3.63) is 35.9 Å². The molecule has 1 fully saturated rings. The van der Waals surface area contributed by atoms with Gasteiger partial charge in [0.2, 0.25) is 5.91 Å². The molecule has 1 saturated carbocycles. The number of benzene rings is 1. The minimum Gasteiger partial charge on any atom is -0.343 e. The van der Waals surface area contributed by atoms with Gasteiger partial charge >= 0.3 is 0 Å². The quantitative estimate of drug-likeness (QED) is 0.795. The zero-order chi connectivity index (χ0) is 15.5. The predicted octanol–water partition coefficient (Wildman–Crippen LogP) is 4.61. The average Bonchev–Trinajstić information content (AvgIpc) is 2.46. The number of amides is 1. The molecule has 2 rings (SSSR count). The zero-order valence-corrected chi connectivity index (χ0v) is 13.9. The minimum absolute atomic E-state index is 0.0760. The molecule has 2 nitrogen and oxygen atoms in total. The Hall–Kier alpha value is -1.31. The van der Waals surface area contributed by atoms with Gasteiger partial charge in [-0.3, -0.25) is 4.79 Å². The van der Waals surface area contributed by atoms with Crippen molar-refractivity contribution in [2.24, 2.45) is 5.41 Å². The third kappa shape index (κ3) is 4.59. The highest BCUT2D eigenvalue weighted by atomic mass is 16.2. The molecule has 1 aliphatic carbocycles. The van der Waals surface area contributed by atoms with Gasteiger partial charge in [-0.05, 0) is 42.6 Å². The Morgan fingerprint density at radius 1 is 1.10 bits per heavy atom. The Bertz CT molecular complexity index is 452. The van der Waals surface area contributed by atoms with Gasteiger partial charge in [0.1, 0.15) is 0 Å². The number of carbonyl (C=O) groups is 1. The molecular weight excluding hydrogens is 258 g/mol. The molecular formula is C19H29NO. The van der Waals surface area contributed by atoms with Crippen LogP contribution in [0.15, 0.2) is 30.3 Å². The van der Waals surface area contributed by atoms with Crippen molar-refractivity contribution >= 4 is 5.91 Å². The topological polar surface area (TPSA) is 20.3 Å². The summed E-state index contributed by atoms with van der Waals surface area (Å²) in [5, 5.41) is 0. The molecule has 0 aliphatic heterocycles. The second-order valence-corrected chi connectivity index (χ2v) is 7.66. The zero-order valence-electron chi connectivity index (χ0n) is 13.9. The summed E-state index contributed by atoms with van der Waals surface area (Å²) < 4.78 is 0. The molecule has 2 heteroatoms. The van der Waals surface area contributed by atoms with Gasteiger partial charge in [0.15, 0.2) is 0 Å². The van der Waals surface area contributed by atoms with Gasteiger partial charge in [-0.25, -0.2) is 0 Å². The molecule has 0 radical (unpaired) electrons. The lowest BCUT2D eigenvalue weighted by Gasteiger charge is -2.36. The van der Waals surface area contributed by atoms with Crippen molar-refractivity contribution < 1.29 is 4.79 Å². The van der Waals surface area contributed by atoms with E-state index in [4.69, 9.17) is 0 Å². The number of rotatable bonds is 3. The molecule has 21 heavy (non-hydrogen) atoms. The molecule has 116 valence electrons. The van der Waals surface area contributed by atoms with E-state index < -0.39 is 0 Å². The fourth-order valence-corrected chi connectivity index (χ4v) is 3.30. The number of nitrogens with zero attached hydrogens (tertiary/aromatic N) is 1. The van der Waals surface area contributed by atoms with E-state index in [0.717, 1.165) is 12.8 Å². The summed E-state index contributed by atoms with van der Waals surface area (Å²) >= 11 is 0. The van der Waals surface area contributed by atoms with Crippen molar-refractivity contribution in [2.45, 2.75) is 64.8 Å². The first kappa shape index (κ1) is 16.1. The molecule has 0 aromatic heterocycles. The van der Waals surface area contributed by atoms with Gasteiger partial charge in [0.25, 0.3) is 0 Å². The van der Waals surface area contributed by atoms with Gasteiger partial charge < -0.3 is 4.90 Å². The van der Waals surface area contributed by atoms with Crippen molar-refractivity contribution in [1.29, 1.82) is 0 Å². The molecule has 0 spiro atoms. The summed E-state index contributed by atoms with van der Waals surface area (Å²) in [6.07, 6.45) is 5.30. The fraction of sp³-hybridized carbons (Fsp3) is 0.632. The smallest absolute Gasteiger partial charge is 0.223 e. The molecule has 1 aliphatic rings. The van der Waals surface area contributed by atoms with Gasteiger partial charge in [-0.1, -0.05) is 51.1 Å². The maximum absolute atomic E-state index is 12.3. The van der Waals surface area contributed by atoms with Crippen LogP contribution in [0.3, 0.4) is 0 Å². The van der Waals surface area contributed by atoms with Crippen molar-refractivity contribution in [1.82, 2.24) is 4.90 Å². The normalized spacial score (nSPS) is 22.9. The Balaban J connectivity index is 1.87. The predicted molar refractivity (Wildman–Crippen MR) is 88.3 cm³/mol. The summed E-state index contributed by atoms with van der Waals surface area (Å²) in [5.41, 5.74) is 1.53. The molecule has 0 bridgehead atoms. The van der Waals surface area contributed by atoms with Crippen LogP contribution in [0.5, 0.6) is 0 Å². The van der Waals surface area contributed by atoms with Crippen LogP contribution in [-0.2, 0) is 4.79 Å². The van der Waals surface area contributed by atoms with Crippen LogP contribution in [0.1, 0.15) is 64.4 Å². The van der Waals surface area contributed by atoms with Crippen LogP contribution >= 0.6 is 0 Å². The van der Waals surface area contributed by atoms with Crippen molar-refractivity contribution in [3.8, 4) is 0 Å². The van der Waals surface area contributed by atoms with Gasteiger partial charge in [0, 0.05) is 19.5 Å². The summed E-state index contributed by atoms with van der Waals surface area (Å²) in [6, 6.07) is 11.2.